The van der Waals surface area contributed by atoms with Gasteiger partial charge in [-0.1, -0.05) is 11.8 Å². The average Bonchev–Trinajstić information content (AvgIpc) is 3.21. The number of pyridine rings is 1. The van der Waals surface area contributed by atoms with Gasteiger partial charge in [0, 0.05) is 56.8 Å². The highest BCUT2D eigenvalue weighted by Crippen LogP contribution is 2.22. The number of likely N-dealkylation sites (N-methyl/N-ethyl adjacent to an activating group) is 1. The molecular formula is C19H20N6O3. The molecule has 9 nitrogen and oxygen atoms in total. The summed E-state index contributed by atoms with van der Waals surface area (Å²) in [5.74, 6) is 5.08. The van der Waals surface area contributed by atoms with Crippen LogP contribution >= 0.6 is 0 Å². The van der Waals surface area contributed by atoms with Gasteiger partial charge in [-0.25, -0.2) is 9.67 Å². The van der Waals surface area contributed by atoms with Crippen molar-refractivity contribution in [2.24, 2.45) is 5.73 Å². The first-order chi connectivity index (χ1) is 13.4. The van der Waals surface area contributed by atoms with Gasteiger partial charge in [-0.2, -0.15) is 5.10 Å². The van der Waals surface area contributed by atoms with Crippen molar-refractivity contribution in [1.82, 2.24) is 25.0 Å². The lowest BCUT2D eigenvalue weighted by molar-refractivity contribution is -0.137. The zero-order valence-electron chi connectivity index (χ0n) is 15.4. The topological polar surface area (TPSA) is 126 Å². The van der Waals surface area contributed by atoms with E-state index in [0.29, 0.717) is 30.9 Å². The fourth-order valence-corrected chi connectivity index (χ4v) is 3.49. The largest absolute Gasteiger partial charge is 0.369 e. The summed E-state index contributed by atoms with van der Waals surface area (Å²) < 4.78 is 1.62. The maximum atomic E-state index is 12.1. The summed E-state index contributed by atoms with van der Waals surface area (Å²) in [6.45, 7) is 1.75. The third kappa shape index (κ3) is 3.02. The summed E-state index contributed by atoms with van der Waals surface area (Å²) in [6, 6.07) is 3.40. The van der Waals surface area contributed by atoms with Crippen LogP contribution in [0, 0.1) is 11.8 Å². The van der Waals surface area contributed by atoms with Crippen LogP contribution in [0.5, 0.6) is 0 Å². The number of carbonyl (C=O) groups excluding carboxylic acids is 2. The molecule has 28 heavy (non-hydrogen) atoms. The van der Waals surface area contributed by atoms with Crippen molar-refractivity contribution in [3.63, 3.8) is 0 Å². The molecule has 0 aromatic carbocycles. The Hall–Kier alpha value is -3.22. The number of amides is 2. The number of aromatic nitrogens is 3. The molecule has 144 valence electrons. The quantitative estimate of drug-likeness (QED) is 0.571. The average molecular weight is 380 g/mol. The number of nitrogens with zero attached hydrogens (tertiary/aromatic N) is 4. The van der Waals surface area contributed by atoms with Crippen LogP contribution in [0.1, 0.15) is 33.7 Å². The Morgan fingerprint density at radius 2 is 2.29 bits per heavy atom. The van der Waals surface area contributed by atoms with E-state index in [1.807, 2.05) is 0 Å². The molecule has 0 aliphatic carbocycles. The van der Waals surface area contributed by atoms with Gasteiger partial charge in [0.25, 0.3) is 11.8 Å². The number of hydrogen-bond donors (Lipinski definition) is 3. The van der Waals surface area contributed by atoms with Crippen LogP contribution in [0.3, 0.4) is 0 Å². The predicted molar refractivity (Wildman–Crippen MR) is 99.4 cm³/mol. The zero-order valence-corrected chi connectivity index (χ0v) is 15.4. The van der Waals surface area contributed by atoms with Crippen LogP contribution in [-0.4, -0.2) is 62.3 Å². The van der Waals surface area contributed by atoms with E-state index in [-0.39, 0.29) is 12.1 Å². The molecule has 1 atom stereocenters. The fraction of sp³-hybridized carbons (Fsp3) is 0.368. The van der Waals surface area contributed by atoms with Gasteiger partial charge in [0.2, 0.25) is 5.60 Å². The normalized spacial score (nSPS) is 21.2. The van der Waals surface area contributed by atoms with E-state index in [1.165, 1.54) is 4.90 Å². The van der Waals surface area contributed by atoms with Gasteiger partial charge in [0.05, 0.1) is 5.69 Å². The van der Waals surface area contributed by atoms with E-state index in [4.69, 9.17) is 5.73 Å². The molecule has 4 rings (SSSR count). The van der Waals surface area contributed by atoms with E-state index in [2.05, 4.69) is 27.2 Å². The van der Waals surface area contributed by atoms with Crippen LogP contribution in [0.25, 0.3) is 5.82 Å². The monoisotopic (exact) mass is 380 g/mol. The molecule has 4 N–H and O–H groups in total. The molecule has 0 bridgehead atoms. The highest BCUT2D eigenvalue weighted by molar-refractivity contribution is 5.92. The van der Waals surface area contributed by atoms with Crippen LogP contribution in [0.15, 0.2) is 18.3 Å². The first-order valence-electron chi connectivity index (χ1n) is 8.98. The molecule has 2 aromatic heterocycles. The molecule has 1 saturated heterocycles. The van der Waals surface area contributed by atoms with Crippen LogP contribution < -0.4 is 11.1 Å². The molecular weight excluding hydrogens is 360 g/mol. The van der Waals surface area contributed by atoms with E-state index >= 15 is 0 Å². The number of nitrogens with two attached hydrogens (primary N) is 1. The summed E-state index contributed by atoms with van der Waals surface area (Å²) in [7, 11) is 1.64. The third-order valence-corrected chi connectivity index (χ3v) is 5.05. The summed E-state index contributed by atoms with van der Waals surface area (Å²) >= 11 is 0. The van der Waals surface area contributed by atoms with Gasteiger partial charge in [0.1, 0.15) is 0 Å². The van der Waals surface area contributed by atoms with Crippen molar-refractivity contribution in [3.8, 4) is 17.7 Å². The summed E-state index contributed by atoms with van der Waals surface area (Å²) in [6.07, 6.45) is 2.54. The summed E-state index contributed by atoms with van der Waals surface area (Å²) in [4.78, 5) is 29.6. The second-order valence-corrected chi connectivity index (χ2v) is 6.97. The van der Waals surface area contributed by atoms with E-state index < -0.39 is 17.4 Å². The van der Waals surface area contributed by atoms with Crippen molar-refractivity contribution < 1.29 is 14.7 Å². The van der Waals surface area contributed by atoms with Crippen LogP contribution in [-0.2, 0) is 17.8 Å². The van der Waals surface area contributed by atoms with Gasteiger partial charge < -0.3 is 21.1 Å². The Kier molecular flexibility index (Phi) is 4.37. The fourth-order valence-electron chi connectivity index (χ4n) is 3.49. The van der Waals surface area contributed by atoms with Crippen LogP contribution in [0.2, 0.25) is 0 Å². The molecule has 9 heteroatoms. The Balaban J connectivity index is 1.71. The second kappa shape index (κ2) is 6.74. The predicted octanol–water partition coefficient (Wildman–Crippen LogP) is -1.04. The number of nitrogens with one attached hydrogen (secondary N) is 1. The first kappa shape index (κ1) is 18.2. The van der Waals surface area contributed by atoms with Crippen molar-refractivity contribution in [3.05, 3.63) is 40.8 Å². The van der Waals surface area contributed by atoms with E-state index in [0.717, 1.165) is 17.8 Å². The smallest absolute Gasteiger partial charge is 0.269 e. The SMILES string of the molecule is CN1CC[C@@](O)(C#Cc2ccnc(-n3nc(C(N)=O)c4c3CCNC4)c2)C1=O. The molecule has 2 aliphatic rings. The lowest BCUT2D eigenvalue weighted by Crippen LogP contribution is -2.37. The summed E-state index contributed by atoms with van der Waals surface area (Å²) in [5, 5.41) is 18.0. The molecule has 0 unspecified atom stereocenters. The van der Waals surface area contributed by atoms with Gasteiger partial charge in [-0.15, -0.1) is 0 Å². The third-order valence-electron chi connectivity index (χ3n) is 5.05. The molecule has 0 saturated carbocycles. The standard InChI is InChI=1S/C19H20N6O3/c1-24-9-6-19(28,18(24)27)5-2-12-3-8-22-15(10-12)25-14-4-7-21-11-13(14)16(23-25)17(20)26/h3,8,10,21,28H,4,6-7,9,11H2,1H3,(H2,20,26)/t19-/m0/s1. The van der Waals surface area contributed by atoms with Crippen molar-refractivity contribution >= 4 is 11.8 Å². The first-order valence-corrected chi connectivity index (χ1v) is 8.98. The Morgan fingerprint density at radius 1 is 1.46 bits per heavy atom. The van der Waals surface area contributed by atoms with Gasteiger partial charge >= 0.3 is 0 Å². The van der Waals surface area contributed by atoms with Gasteiger partial charge in [-0.05, 0) is 12.1 Å². The maximum absolute atomic E-state index is 12.1. The molecule has 0 spiro atoms. The lowest BCUT2D eigenvalue weighted by atomic mass is 10.0. The number of primary amides is 1. The van der Waals surface area contributed by atoms with Gasteiger partial charge in [0.15, 0.2) is 11.5 Å². The van der Waals surface area contributed by atoms with Gasteiger partial charge in [-0.3, -0.25) is 9.59 Å². The zero-order chi connectivity index (χ0) is 19.9. The molecule has 4 heterocycles. The van der Waals surface area contributed by atoms with Crippen molar-refractivity contribution in [1.29, 1.82) is 0 Å². The minimum atomic E-state index is -1.66. The van der Waals surface area contributed by atoms with E-state index in [9.17, 15) is 14.7 Å². The Labute approximate surface area is 161 Å². The minimum absolute atomic E-state index is 0.231. The maximum Gasteiger partial charge on any atom is 0.269 e. The number of aliphatic hydroxyl groups is 1. The number of likely N-dealkylation sites (tertiary alicyclic amines) is 1. The van der Waals surface area contributed by atoms with Crippen LogP contribution in [0.4, 0.5) is 0 Å². The molecule has 2 aliphatic heterocycles. The highest BCUT2D eigenvalue weighted by atomic mass is 16.3. The number of rotatable bonds is 2. The van der Waals surface area contributed by atoms with Crippen molar-refractivity contribution in [2.75, 3.05) is 20.1 Å². The second-order valence-electron chi connectivity index (χ2n) is 6.97. The molecule has 1 fully saturated rings. The molecule has 0 radical (unpaired) electrons. The number of fused-ring (bicyclic) bond motifs is 1. The molecule has 2 aromatic rings. The number of hydrogen-bond acceptors (Lipinski definition) is 6. The lowest BCUT2D eigenvalue weighted by Gasteiger charge is -2.15. The summed E-state index contributed by atoms with van der Waals surface area (Å²) in [5.41, 5.74) is 6.29. The van der Waals surface area contributed by atoms with Crippen molar-refractivity contribution in [2.45, 2.75) is 25.0 Å². The number of carbonyl (C=O) groups is 2. The Morgan fingerprint density at radius 3 is 3.00 bits per heavy atom. The minimum Gasteiger partial charge on any atom is -0.369 e. The Bertz CT molecular complexity index is 1030. The highest BCUT2D eigenvalue weighted by Gasteiger charge is 2.42. The van der Waals surface area contributed by atoms with E-state index in [1.54, 1.807) is 30.1 Å². The molecule has 2 amide bonds.